The highest BCUT2D eigenvalue weighted by Gasteiger charge is 2.46. The van der Waals surface area contributed by atoms with Gasteiger partial charge in [-0.25, -0.2) is 23.2 Å². The van der Waals surface area contributed by atoms with Gasteiger partial charge in [0, 0.05) is 36.7 Å². The molecule has 10 heteroatoms. The van der Waals surface area contributed by atoms with E-state index >= 15 is 0 Å². The monoisotopic (exact) mass is 446 g/mol. The molecule has 168 valence electrons. The van der Waals surface area contributed by atoms with Crippen LogP contribution in [0, 0.1) is 0 Å². The molecule has 4 N–H and O–H groups in total. The number of hydrogen-bond donors (Lipinski definition) is 3. The predicted molar refractivity (Wildman–Crippen MR) is 122 cm³/mol. The van der Waals surface area contributed by atoms with Crippen LogP contribution in [0.1, 0.15) is 31.4 Å². The lowest BCUT2D eigenvalue weighted by Crippen LogP contribution is -2.34. The van der Waals surface area contributed by atoms with Crippen LogP contribution in [0.25, 0.3) is 11.4 Å². The van der Waals surface area contributed by atoms with Crippen molar-refractivity contribution in [2.75, 3.05) is 44.5 Å². The molecule has 0 spiro atoms. The molecule has 1 aliphatic carbocycles. The quantitative estimate of drug-likeness (QED) is 0.594. The molecular weight excluding hydrogens is 416 g/mol. The zero-order chi connectivity index (χ0) is 22.6. The zero-order valence-electron chi connectivity index (χ0n) is 18.2. The Hall–Kier alpha value is -2.72. The first-order valence-electron chi connectivity index (χ1n) is 10.3. The number of nitrogens with one attached hydrogen (secondary N) is 2. The Labute approximate surface area is 183 Å². The first-order chi connectivity index (χ1) is 14.6. The van der Waals surface area contributed by atoms with Crippen LogP contribution >= 0.6 is 0 Å². The maximum Gasteiger partial charge on any atom is 0.319 e. The van der Waals surface area contributed by atoms with Crippen LogP contribution in [0.15, 0.2) is 30.3 Å². The lowest BCUT2D eigenvalue weighted by Gasteiger charge is -2.26. The van der Waals surface area contributed by atoms with E-state index in [1.54, 1.807) is 30.3 Å². The topological polar surface area (TPSA) is 130 Å². The zero-order valence-corrected chi connectivity index (χ0v) is 19.0. The minimum absolute atomic E-state index is 0.234. The van der Waals surface area contributed by atoms with Crippen LogP contribution in [0.2, 0.25) is 0 Å². The molecule has 1 heterocycles. The van der Waals surface area contributed by atoms with Gasteiger partial charge >= 0.3 is 6.03 Å². The fourth-order valence-corrected chi connectivity index (χ4v) is 5.38. The molecule has 31 heavy (non-hydrogen) atoms. The van der Waals surface area contributed by atoms with Crippen LogP contribution in [-0.4, -0.2) is 62.8 Å². The molecular formula is C21H30N6O3S. The number of nitrogens with zero attached hydrogens (tertiary/aromatic N) is 3. The summed E-state index contributed by atoms with van der Waals surface area (Å²) in [5.41, 5.74) is 7.78. The molecule has 2 amide bonds. The molecule has 0 unspecified atom stereocenters. The van der Waals surface area contributed by atoms with Gasteiger partial charge in [0.05, 0.1) is 5.69 Å². The van der Waals surface area contributed by atoms with E-state index in [-0.39, 0.29) is 11.8 Å². The molecule has 1 aromatic heterocycles. The van der Waals surface area contributed by atoms with Crippen molar-refractivity contribution in [2.45, 2.75) is 30.4 Å². The number of aromatic nitrogens is 2. The highest BCUT2D eigenvalue weighted by atomic mass is 32.2. The van der Waals surface area contributed by atoms with Crippen LogP contribution < -0.4 is 16.4 Å². The van der Waals surface area contributed by atoms with Gasteiger partial charge in [0.25, 0.3) is 0 Å². The summed E-state index contributed by atoms with van der Waals surface area (Å²) in [6, 6.07) is 8.33. The number of carbonyl (C=O) groups is 1. The third-order valence-corrected chi connectivity index (χ3v) is 7.62. The molecule has 0 saturated heterocycles. The normalized spacial score (nSPS) is 15.7. The van der Waals surface area contributed by atoms with E-state index in [0.29, 0.717) is 42.2 Å². The van der Waals surface area contributed by atoms with E-state index in [0.717, 1.165) is 19.4 Å². The van der Waals surface area contributed by atoms with Crippen LogP contribution in [0.4, 0.5) is 16.3 Å². The molecule has 0 aliphatic heterocycles. The van der Waals surface area contributed by atoms with E-state index in [9.17, 15) is 13.2 Å². The number of urea groups is 1. The summed E-state index contributed by atoms with van der Waals surface area (Å²) in [5.74, 6) is 0.601. The Morgan fingerprint density at radius 2 is 1.81 bits per heavy atom. The summed E-state index contributed by atoms with van der Waals surface area (Å²) in [4.78, 5) is 22.9. The number of anilines is 2. The van der Waals surface area contributed by atoms with Crippen molar-refractivity contribution < 1.29 is 13.2 Å². The number of nitrogens with two attached hydrogens (primary N) is 1. The molecule has 1 aromatic carbocycles. The number of rotatable bonds is 7. The average molecular weight is 447 g/mol. The largest absolute Gasteiger partial charge is 0.384 e. The van der Waals surface area contributed by atoms with Gasteiger partial charge in [-0.3, -0.25) is 0 Å². The Morgan fingerprint density at radius 1 is 1.16 bits per heavy atom. The number of carbonyl (C=O) groups excluding carboxylic acids is 1. The number of benzene rings is 1. The summed E-state index contributed by atoms with van der Waals surface area (Å²) in [5, 5.41) is 5.56. The van der Waals surface area contributed by atoms with Gasteiger partial charge in [-0.1, -0.05) is 12.8 Å². The number of nitrogen functional groups attached to an aromatic ring is 1. The highest BCUT2D eigenvalue weighted by Crippen LogP contribution is 2.45. The molecule has 0 bridgehead atoms. The fourth-order valence-electron chi connectivity index (χ4n) is 3.86. The maximum absolute atomic E-state index is 12.6. The van der Waals surface area contributed by atoms with Crippen LogP contribution in [0.3, 0.4) is 0 Å². The maximum atomic E-state index is 12.6. The SMILES string of the molecule is CN(C)CCNC(=O)Nc1ccc(-c2nc(N)cc(C3(S(C)(=O)=O)CCCC3)n2)cc1. The van der Waals surface area contributed by atoms with Gasteiger partial charge in [0.15, 0.2) is 15.7 Å². The summed E-state index contributed by atoms with van der Waals surface area (Å²) < 4.78 is 24.2. The van der Waals surface area contributed by atoms with Crippen molar-refractivity contribution >= 4 is 27.4 Å². The second-order valence-corrected chi connectivity index (χ2v) is 10.6. The second-order valence-electron chi connectivity index (χ2n) is 8.24. The number of amides is 2. The van der Waals surface area contributed by atoms with Gasteiger partial charge in [0.1, 0.15) is 10.6 Å². The van der Waals surface area contributed by atoms with Crippen molar-refractivity contribution in [1.29, 1.82) is 0 Å². The van der Waals surface area contributed by atoms with Crippen molar-refractivity contribution in [2.24, 2.45) is 0 Å². The second kappa shape index (κ2) is 9.19. The van der Waals surface area contributed by atoms with Crippen LogP contribution in [0.5, 0.6) is 0 Å². The highest BCUT2D eigenvalue weighted by molar-refractivity contribution is 7.91. The molecule has 9 nitrogen and oxygen atoms in total. The van der Waals surface area contributed by atoms with E-state index in [1.165, 1.54) is 6.26 Å². The van der Waals surface area contributed by atoms with Gasteiger partial charge in [-0.05, 0) is 51.2 Å². The van der Waals surface area contributed by atoms with Gasteiger partial charge in [-0.2, -0.15) is 0 Å². The van der Waals surface area contributed by atoms with E-state index in [2.05, 4.69) is 20.6 Å². The molecule has 3 rings (SSSR count). The Kier molecular flexibility index (Phi) is 6.80. The molecule has 0 radical (unpaired) electrons. The smallest absolute Gasteiger partial charge is 0.319 e. The van der Waals surface area contributed by atoms with E-state index in [1.807, 2.05) is 19.0 Å². The van der Waals surface area contributed by atoms with Crippen molar-refractivity contribution in [3.63, 3.8) is 0 Å². The summed E-state index contributed by atoms with van der Waals surface area (Å²) in [7, 11) is 0.505. The van der Waals surface area contributed by atoms with Crippen molar-refractivity contribution in [3.05, 3.63) is 36.0 Å². The number of likely N-dealkylation sites (N-methyl/N-ethyl adjacent to an activating group) is 1. The fraction of sp³-hybridized carbons (Fsp3) is 0.476. The summed E-state index contributed by atoms with van der Waals surface area (Å²) in [6.45, 7) is 1.29. The summed E-state index contributed by atoms with van der Waals surface area (Å²) in [6.07, 6.45) is 4.01. The average Bonchev–Trinajstić information content (AvgIpc) is 3.19. The van der Waals surface area contributed by atoms with Crippen molar-refractivity contribution in [3.8, 4) is 11.4 Å². The first kappa shape index (κ1) is 23.0. The van der Waals surface area contributed by atoms with E-state index in [4.69, 9.17) is 5.73 Å². The lowest BCUT2D eigenvalue weighted by molar-refractivity contribution is 0.250. The predicted octanol–water partition coefficient (Wildman–Crippen LogP) is 2.22. The lowest BCUT2D eigenvalue weighted by atomic mass is 10.0. The molecule has 1 fully saturated rings. The minimum Gasteiger partial charge on any atom is -0.384 e. The standard InChI is InChI=1S/C21H30N6O3S/c1-27(2)13-12-23-20(28)24-16-8-6-15(7-9-16)19-25-17(14-18(22)26-19)21(31(3,29)30)10-4-5-11-21/h6-9,14H,4-5,10-13H2,1-3H3,(H2,22,25,26)(H2,23,24,28). The van der Waals surface area contributed by atoms with Crippen LogP contribution in [-0.2, 0) is 14.6 Å². The third kappa shape index (κ3) is 5.31. The van der Waals surface area contributed by atoms with Crippen molar-refractivity contribution in [1.82, 2.24) is 20.2 Å². The van der Waals surface area contributed by atoms with Gasteiger partial charge in [0.2, 0.25) is 0 Å². The molecule has 1 saturated carbocycles. The molecule has 2 aromatic rings. The van der Waals surface area contributed by atoms with E-state index < -0.39 is 14.6 Å². The number of sulfone groups is 1. The molecule has 0 atom stereocenters. The Bertz CT molecular complexity index is 1030. The number of hydrogen-bond acceptors (Lipinski definition) is 7. The Morgan fingerprint density at radius 3 is 2.39 bits per heavy atom. The van der Waals surface area contributed by atoms with Gasteiger partial charge in [-0.15, -0.1) is 0 Å². The Balaban J connectivity index is 1.80. The first-order valence-corrected chi connectivity index (χ1v) is 12.1. The third-order valence-electron chi connectivity index (χ3n) is 5.58. The molecule has 1 aliphatic rings. The summed E-state index contributed by atoms with van der Waals surface area (Å²) >= 11 is 0. The van der Waals surface area contributed by atoms with Gasteiger partial charge < -0.3 is 21.3 Å². The minimum atomic E-state index is -3.37.